The lowest BCUT2D eigenvalue weighted by Gasteiger charge is -2.22. The van der Waals surface area contributed by atoms with E-state index in [0.717, 1.165) is 43.6 Å². The number of rotatable bonds is 10. The van der Waals surface area contributed by atoms with Gasteiger partial charge in [0.1, 0.15) is 0 Å². The van der Waals surface area contributed by atoms with Crippen LogP contribution in [0.25, 0.3) is 6.08 Å². The quantitative estimate of drug-likeness (QED) is 0.299. The Bertz CT molecular complexity index is 956. The number of carbonyl (C=O) groups is 1. The van der Waals surface area contributed by atoms with Gasteiger partial charge in [0.15, 0.2) is 0 Å². The summed E-state index contributed by atoms with van der Waals surface area (Å²) < 4.78 is 2.25. The zero-order valence-corrected chi connectivity index (χ0v) is 18.1. The zero-order chi connectivity index (χ0) is 21.2. The number of hydrogen-bond acceptors (Lipinski definition) is 1. The van der Waals surface area contributed by atoms with Crippen LogP contribution in [0, 0.1) is 6.92 Å². The molecule has 0 aliphatic heterocycles. The van der Waals surface area contributed by atoms with E-state index < -0.39 is 0 Å². The van der Waals surface area contributed by atoms with Crippen LogP contribution in [-0.2, 0) is 17.9 Å². The van der Waals surface area contributed by atoms with Crippen molar-refractivity contribution in [1.82, 2.24) is 9.47 Å². The second kappa shape index (κ2) is 11.2. The van der Waals surface area contributed by atoms with Crippen molar-refractivity contribution in [2.75, 3.05) is 6.54 Å². The van der Waals surface area contributed by atoms with Crippen LogP contribution in [0.3, 0.4) is 0 Å². The van der Waals surface area contributed by atoms with Crippen LogP contribution in [0.15, 0.2) is 79.0 Å². The van der Waals surface area contributed by atoms with E-state index in [1.165, 1.54) is 11.1 Å². The van der Waals surface area contributed by atoms with E-state index in [0.29, 0.717) is 6.54 Å². The van der Waals surface area contributed by atoms with E-state index in [2.05, 4.69) is 61.0 Å². The predicted molar refractivity (Wildman–Crippen MR) is 125 cm³/mol. The van der Waals surface area contributed by atoms with Crippen molar-refractivity contribution in [3.63, 3.8) is 0 Å². The molecule has 3 heteroatoms. The molecule has 1 aromatic heterocycles. The fourth-order valence-electron chi connectivity index (χ4n) is 3.61. The van der Waals surface area contributed by atoms with Crippen molar-refractivity contribution in [3.8, 4) is 0 Å². The molecule has 0 saturated carbocycles. The van der Waals surface area contributed by atoms with Gasteiger partial charge in [0.2, 0.25) is 5.91 Å². The first-order chi connectivity index (χ1) is 14.7. The number of aromatic nitrogens is 1. The monoisotopic (exact) mass is 400 g/mol. The first kappa shape index (κ1) is 21.6. The van der Waals surface area contributed by atoms with Crippen LogP contribution in [0.5, 0.6) is 0 Å². The summed E-state index contributed by atoms with van der Waals surface area (Å²) in [6.07, 6.45) is 9.02. The third kappa shape index (κ3) is 6.48. The molecule has 156 valence electrons. The number of hydrogen-bond donors (Lipinski definition) is 0. The van der Waals surface area contributed by atoms with Crippen molar-refractivity contribution in [3.05, 3.63) is 101 Å². The van der Waals surface area contributed by atoms with Crippen LogP contribution < -0.4 is 0 Å². The maximum absolute atomic E-state index is 13.0. The van der Waals surface area contributed by atoms with E-state index in [4.69, 9.17) is 0 Å². The Morgan fingerprint density at radius 3 is 2.60 bits per heavy atom. The summed E-state index contributed by atoms with van der Waals surface area (Å²) in [7, 11) is 0. The summed E-state index contributed by atoms with van der Waals surface area (Å²) in [6.45, 7) is 6.53. The van der Waals surface area contributed by atoms with Gasteiger partial charge in [-0.2, -0.15) is 0 Å². The molecule has 0 spiro atoms. The van der Waals surface area contributed by atoms with Crippen LogP contribution in [-0.4, -0.2) is 21.9 Å². The molecule has 0 N–H and O–H groups in total. The molecule has 0 radical (unpaired) electrons. The van der Waals surface area contributed by atoms with Gasteiger partial charge in [-0.15, -0.1) is 0 Å². The summed E-state index contributed by atoms with van der Waals surface area (Å²) in [5.41, 5.74) is 4.75. The molecule has 0 fully saturated rings. The molecule has 0 atom stereocenters. The molecule has 3 rings (SSSR count). The molecule has 3 nitrogen and oxygen atoms in total. The van der Waals surface area contributed by atoms with Gasteiger partial charge in [-0.3, -0.25) is 4.79 Å². The SMILES string of the molecule is CCCCCN(Cc1cccn1Cc1cccc(C)c1)C(=O)C=Cc1ccccc1. The summed E-state index contributed by atoms with van der Waals surface area (Å²) >= 11 is 0. The summed E-state index contributed by atoms with van der Waals surface area (Å²) in [5, 5.41) is 0. The third-order valence-electron chi connectivity index (χ3n) is 5.27. The van der Waals surface area contributed by atoms with Crippen LogP contribution in [0.4, 0.5) is 0 Å². The fraction of sp³-hybridized carbons (Fsp3) is 0.296. The number of benzene rings is 2. The van der Waals surface area contributed by atoms with Crippen molar-refractivity contribution in [1.29, 1.82) is 0 Å². The second-order valence-corrected chi connectivity index (χ2v) is 7.83. The highest BCUT2D eigenvalue weighted by Gasteiger charge is 2.13. The van der Waals surface area contributed by atoms with Gasteiger partial charge in [0, 0.05) is 31.1 Å². The van der Waals surface area contributed by atoms with Gasteiger partial charge >= 0.3 is 0 Å². The molecule has 0 aliphatic rings. The average Bonchev–Trinajstić information content (AvgIpc) is 3.18. The highest BCUT2D eigenvalue weighted by molar-refractivity contribution is 5.91. The molecule has 2 aromatic carbocycles. The number of amides is 1. The lowest BCUT2D eigenvalue weighted by Crippen LogP contribution is -2.31. The van der Waals surface area contributed by atoms with Crippen molar-refractivity contribution in [2.24, 2.45) is 0 Å². The molecule has 0 bridgehead atoms. The largest absolute Gasteiger partial charge is 0.345 e. The molecule has 30 heavy (non-hydrogen) atoms. The van der Waals surface area contributed by atoms with Gasteiger partial charge in [-0.05, 0) is 42.7 Å². The highest BCUT2D eigenvalue weighted by atomic mass is 16.2. The van der Waals surface area contributed by atoms with Gasteiger partial charge in [-0.25, -0.2) is 0 Å². The predicted octanol–water partition coefficient (Wildman–Crippen LogP) is 6.08. The van der Waals surface area contributed by atoms with Crippen molar-refractivity contribution in [2.45, 2.75) is 46.2 Å². The Balaban J connectivity index is 1.72. The number of unbranched alkanes of at least 4 members (excludes halogenated alkanes) is 2. The van der Waals surface area contributed by atoms with Crippen LogP contribution in [0.2, 0.25) is 0 Å². The van der Waals surface area contributed by atoms with Gasteiger partial charge in [-0.1, -0.05) is 79.9 Å². The Morgan fingerprint density at radius 2 is 1.83 bits per heavy atom. The van der Waals surface area contributed by atoms with Gasteiger partial charge in [0.25, 0.3) is 0 Å². The molecule has 0 saturated heterocycles. The molecular formula is C27H32N2O. The number of carbonyl (C=O) groups excluding carboxylic acids is 1. The number of nitrogens with zero attached hydrogens (tertiary/aromatic N) is 2. The van der Waals surface area contributed by atoms with Crippen LogP contribution in [0.1, 0.15) is 48.6 Å². The smallest absolute Gasteiger partial charge is 0.246 e. The molecule has 3 aromatic rings. The minimum absolute atomic E-state index is 0.0678. The van der Waals surface area contributed by atoms with E-state index in [1.807, 2.05) is 41.3 Å². The topological polar surface area (TPSA) is 25.2 Å². The Kier molecular flexibility index (Phi) is 8.08. The standard InChI is InChI=1S/C27H32N2O/c1-3-4-8-18-29(27(30)17-16-24-12-6-5-7-13-24)22-26-15-10-19-28(26)21-25-14-9-11-23(2)20-25/h5-7,9-17,19-20H,3-4,8,18,21-22H2,1-2H3. The maximum atomic E-state index is 13.0. The lowest BCUT2D eigenvalue weighted by molar-refractivity contribution is -0.126. The zero-order valence-electron chi connectivity index (χ0n) is 18.1. The highest BCUT2D eigenvalue weighted by Crippen LogP contribution is 2.14. The number of aryl methyl sites for hydroxylation is 1. The van der Waals surface area contributed by atoms with Crippen molar-refractivity contribution >= 4 is 12.0 Å². The first-order valence-electron chi connectivity index (χ1n) is 10.9. The van der Waals surface area contributed by atoms with Crippen molar-refractivity contribution < 1.29 is 4.79 Å². The summed E-state index contributed by atoms with van der Waals surface area (Å²) in [5.74, 6) is 0.0678. The third-order valence-corrected chi connectivity index (χ3v) is 5.27. The first-order valence-corrected chi connectivity index (χ1v) is 10.9. The molecule has 0 unspecified atom stereocenters. The maximum Gasteiger partial charge on any atom is 0.246 e. The van der Waals surface area contributed by atoms with Gasteiger partial charge in [0.05, 0.1) is 6.54 Å². The Labute approximate surface area is 180 Å². The Morgan fingerprint density at radius 1 is 1.00 bits per heavy atom. The second-order valence-electron chi connectivity index (χ2n) is 7.83. The fourth-order valence-corrected chi connectivity index (χ4v) is 3.61. The lowest BCUT2D eigenvalue weighted by atomic mass is 10.1. The van der Waals surface area contributed by atoms with Crippen LogP contribution >= 0.6 is 0 Å². The van der Waals surface area contributed by atoms with E-state index in [1.54, 1.807) is 6.08 Å². The van der Waals surface area contributed by atoms with E-state index in [-0.39, 0.29) is 5.91 Å². The molecule has 1 amide bonds. The summed E-state index contributed by atoms with van der Waals surface area (Å²) in [6, 6.07) is 22.8. The molecule has 0 aliphatic carbocycles. The average molecular weight is 401 g/mol. The summed E-state index contributed by atoms with van der Waals surface area (Å²) in [4.78, 5) is 15.0. The Hall–Kier alpha value is -3.07. The minimum atomic E-state index is 0.0678. The van der Waals surface area contributed by atoms with Gasteiger partial charge < -0.3 is 9.47 Å². The normalized spacial score (nSPS) is 11.1. The molecule has 1 heterocycles. The van der Waals surface area contributed by atoms with E-state index >= 15 is 0 Å². The molecular weight excluding hydrogens is 368 g/mol. The van der Waals surface area contributed by atoms with E-state index in [9.17, 15) is 4.79 Å². The minimum Gasteiger partial charge on any atom is -0.345 e.